The summed E-state index contributed by atoms with van der Waals surface area (Å²) in [6, 6.07) is 7.27. The van der Waals surface area contributed by atoms with Crippen LogP contribution < -0.4 is 9.62 Å². The zero-order valence-electron chi connectivity index (χ0n) is 20.9. The van der Waals surface area contributed by atoms with Gasteiger partial charge in [-0.25, -0.2) is 13.4 Å². The molecule has 2 aliphatic heterocycles. The van der Waals surface area contributed by atoms with Crippen molar-refractivity contribution in [2.24, 2.45) is 0 Å². The Bertz CT molecular complexity index is 1240. The highest BCUT2D eigenvalue weighted by Gasteiger charge is 2.34. The molecule has 3 heterocycles. The van der Waals surface area contributed by atoms with Crippen LogP contribution >= 0.6 is 23.2 Å². The molecule has 10 nitrogen and oxygen atoms in total. The summed E-state index contributed by atoms with van der Waals surface area (Å²) in [5, 5.41) is 12.2. The van der Waals surface area contributed by atoms with E-state index in [0.29, 0.717) is 45.7 Å². The number of anilines is 2. The fourth-order valence-electron chi connectivity index (χ4n) is 5.33. The molecule has 2 saturated heterocycles. The van der Waals surface area contributed by atoms with Gasteiger partial charge >= 0.3 is 0 Å². The molecule has 0 unspecified atom stereocenters. The smallest absolute Gasteiger partial charge is 0.275 e. The summed E-state index contributed by atoms with van der Waals surface area (Å²) in [5.74, 6) is 0.665. The van der Waals surface area contributed by atoms with Crippen LogP contribution in [0.3, 0.4) is 0 Å². The molecule has 0 radical (unpaired) electrons. The van der Waals surface area contributed by atoms with Crippen LogP contribution in [-0.2, 0) is 16.6 Å². The zero-order chi connectivity index (χ0) is 26.7. The Hall–Kier alpha value is -2.18. The van der Waals surface area contributed by atoms with Crippen molar-refractivity contribution in [1.82, 2.24) is 14.8 Å². The highest BCUT2D eigenvalue weighted by molar-refractivity contribution is 7.92. The number of piperidine rings is 1. The number of pyridine rings is 1. The molecular formula is C24H32Cl2N6O4S. The van der Waals surface area contributed by atoms with Crippen molar-refractivity contribution in [3.8, 4) is 0 Å². The van der Waals surface area contributed by atoms with Crippen LogP contribution in [0.2, 0.25) is 10.0 Å². The number of sulfonamides is 1. The molecule has 4 rings (SSSR count). The quantitative estimate of drug-likeness (QED) is 0.370. The lowest BCUT2D eigenvalue weighted by atomic mass is 9.97. The lowest BCUT2D eigenvalue weighted by molar-refractivity contribution is -0.385. The second-order valence-corrected chi connectivity index (χ2v) is 12.3. The molecule has 0 saturated carbocycles. The fraction of sp³-hybridized carbons (Fsp3) is 0.542. The number of nitrogens with one attached hydrogen (secondary N) is 1. The van der Waals surface area contributed by atoms with Gasteiger partial charge < -0.3 is 4.90 Å². The first-order valence-corrected chi connectivity index (χ1v) is 15.0. The molecule has 13 heteroatoms. The van der Waals surface area contributed by atoms with Gasteiger partial charge in [-0.1, -0.05) is 30.1 Å². The largest absolute Gasteiger partial charge is 0.353 e. The van der Waals surface area contributed by atoms with E-state index in [9.17, 15) is 18.5 Å². The summed E-state index contributed by atoms with van der Waals surface area (Å²) < 4.78 is 25.4. The second kappa shape index (κ2) is 11.7. The number of aromatic nitrogens is 1. The Morgan fingerprint density at radius 1 is 1.16 bits per heavy atom. The Morgan fingerprint density at radius 3 is 2.51 bits per heavy atom. The van der Waals surface area contributed by atoms with Crippen LogP contribution in [0.15, 0.2) is 30.5 Å². The van der Waals surface area contributed by atoms with Crippen molar-refractivity contribution in [2.75, 3.05) is 48.6 Å². The minimum absolute atomic E-state index is 0.0733. The Kier molecular flexibility index (Phi) is 8.80. The number of nitro groups is 1. The number of halogens is 2. The van der Waals surface area contributed by atoms with E-state index in [-0.39, 0.29) is 10.6 Å². The topological polar surface area (TPSA) is 112 Å². The summed E-state index contributed by atoms with van der Waals surface area (Å²) in [7, 11) is -3.40. The predicted octanol–water partition coefficient (Wildman–Crippen LogP) is 4.23. The SMILES string of the molecule is CC[C@H]1CN(c2ncc(NS(C)(=O)=O)cc2Cl)CCN1C1CCN(Cc2ccc(Cl)cc2[N+](=O)[O-])CC1. The first-order chi connectivity index (χ1) is 17.5. The maximum absolute atomic E-state index is 11.5. The van der Waals surface area contributed by atoms with Crippen LogP contribution in [0.4, 0.5) is 17.2 Å². The predicted molar refractivity (Wildman–Crippen MR) is 147 cm³/mol. The molecule has 0 amide bonds. The lowest BCUT2D eigenvalue weighted by Crippen LogP contribution is -2.58. The maximum Gasteiger partial charge on any atom is 0.275 e. The summed E-state index contributed by atoms with van der Waals surface area (Å²) in [4.78, 5) is 22.6. The minimum atomic E-state index is -3.40. The molecule has 202 valence electrons. The molecule has 0 spiro atoms. The van der Waals surface area contributed by atoms with Crippen LogP contribution in [-0.4, -0.2) is 79.2 Å². The summed E-state index contributed by atoms with van der Waals surface area (Å²) in [5.41, 5.74) is 1.11. The highest BCUT2D eigenvalue weighted by atomic mass is 35.5. The molecule has 0 aliphatic carbocycles. The molecule has 37 heavy (non-hydrogen) atoms. The zero-order valence-corrected chi connectivity index (χ0v) is 23.3. The molecule has 2 fully saturated rings. The summed E-state index contributed by atoms with van der Waals surface area (Å²) >= 11 is 12.4. The molecule has 1 aromatic carbocycles. The third kappa shape index (κ3) is 7.02. The number of hydrogen-bond acceptors (Lipinski definition) is 8. The van der Waals surface area contributed by atoms with E-state index in [1.165, 1.54) is 12.3 Å². The third-order valence-electron chi connectivity index (χ3n) is 7.09. The van der Waals surface area contributed by atoms with Crippen molar-refractivity contribution < 1.29 is 13.3 Å². The van der Waals surface area contributed by atoms with E-state index in [1.54, 1.807) is 18.2 Å². The van der Waals surface area contributed by atoms with E-state index in [4.69, 9.17) is 23.2 Å². The van der Waals surface area contributed by atoms with Crippen molar-refractivity contribution in [2.45, 2.75) is 44.8 Å². The third-order valence-corrected chi connectivity index (χ3v) is 8.21. The summed E-state index contributed by atoms with van der Waals surface area (Å²) in [6.07, 6.45) is 5.58. The van der Waals surface area contributed by atoms with Gasteiger partial charge in [-0.15, -0.1) is 0 Å². The van der Waals surface area contributed by atoms with Crippen molar-refractivity contribution in [3.05, 3.63) is 56.2 Å². The van der Waals surface area contributed by atoms with Crippen molar-refractivity contribution >= 4 is 50.4 Å². The minimum Gasteiger partial charge on any atom is -0.353 e. The van der Waals surface area contributed by atoms with E-state index < -0.39 is 10.0 Å². The van der Waals surface area contributed by atoms with E-state index in [1.807, 2.05) is 0 Å². The molecule has 1 N–H and O–H groups in total. The number of nitrogens with zero attached hydrogens (tertiary/aromatic N) is 5. The van der Waals surface area contributed by atoms with Gasteiger partial charge in [0, 0.05) is 54.9 Å². The van der Waals surface area contributed by atoms with Crippen LogP contribution in [0.5, 0.6) is 0 Å². The van der Waals surface area contributed by atoms with Gasteiger partial charge in [0.05, 0.1) is 28.1 Å². The monoisotopic (exact) mass is 570 g/mol. The lowest BCUT2D eigenvalue weighted by Gasteiger charge is -2.47. The number of benzene rings is 1. The molecule has 0 bridgehead atoms. The molecular weight excluding hydrogens is 539 g/mol. The van der Waals surface area contributed by atoms with Crippen LogP contribution in [0.1, 0.15) is 31.7 Å². The number of hydrogen-bond donors (Lipinski definition) is 1. The average Bonchev–Trinajstić information content (AvgIpc) is 2.84. The Balaban J connectivity index is 1.35. The van der Waals surface area contributed by atoms with Crippen molar-refractivity contribution in [3.63, 3.8) is 0 Å². The van der Waals surface area contributed by atoms with Gasteiger partial charge in [0.1, 0.15) is 5.82 Å². The van der Waals surface area contributed by atoms with E-state index in [0.717, 1.165) is 58.2 Å². The first kappa shape index (κ1) is 27.8. The number of piperazine rings is 1. The van der Waals surface area contributed by atoms with Crippen LogP contribution in [0, 0.1) is 10.1 Å². The van der Waals surface area contributed by atoms with E-state index >= 15 is 0 Å². The fourth-order valence-corrected chi connectivity index (χ4v) is 6.32. The number of rotatable bonds is 8. The second-order valence-electron chi connectivity index (χ2n) is 9.69. The first-order valence-electron chi connectivity index (χ1n) is 12.3. The van der Waals surface area contributed by atoms with Crippen molar-refractivity contribution in [1.29, 1.82) is 0 Å². The standard InChI is InChI=1S/C24H32Cl2N6O4S/c1-3-20-16-30(24-22(26)13-19(14-27-24)28-37(2,35)36)10-11-31(20)21-6-8-29(9-7-21)15-17-4-5-18(25)12-23(17)32(33)34/h4-5,12-14,20-21,28H,3,6-11,15-16H2,1-2H3/t20-/m0/s1. The van der Waals surface area contributed by atoms with Gasteiger partial charge in [-0.3, -0.25) is 24.6 Å². The Labute approximate surface area is 227 Å². The number of likely N-dealkylation sites (tertiary alicyclic amines) is 1. The molecule has 1 aromatic heterocycles. The maximum atomic E-state index is 11.5. The Morgan fingerprint density at radius 2 is 1.89 bits per heavy atom. The average molecular weight is 572 g/mol. The van der Waals surface area contributed by atoms with E-state index in [2.05, 4.69) is 31.3 Å². The number of nitro benzene ring substituents is 1. The summed E-state index contributed by atoms with van der Waals surface area (Å²) in [6.45, 7) is 6.93. The van der Waals surface area contributed by atoms with Crippen LogP contribution in [0.25, 0.3) is 0 Å². The van der Waals surface area contributed by atoms with Gasteiger partial charge in [0.25, 0.3) is 5.69 Å². The normalized spacial score (nSPS) is 20.2. The van der Waals surface area contributed by atoms with Gasteiger partial charge in [0.15, 0.2) is 0 Å². The van der Waals surface area contributed by atoms with Gasteiger partial charge in [-0.2, -0.15) is 0 Å². The molecule has 1 atom stereocenters. The van der Waals surface area contributed by atoms with Gasteiger partial charge in [0.2, 0.25) is 10.0 Å². The highest BCUT2D eigenvalue weighted by Crippen LogP contribution is 2.31. The molecule has 2 aromatic rings. The molecule has 2 aliphatic rings. The van der Waals surface area contributed by atoms with Gasteiger partial charge in [-0.05, 0) is 50.6 Å².